The summed E-state index contributed by atoms with van der Waals surface area (Å²) in [6, 6.07) is 8.57. The number of carbonyl (C=O) groups is 2. The van der Waals surface area contributed by atoms with Gasteiger partial charge >= 0.3 is 12.2 Å². The van der Waals surface area contributed by atoms with Crippen molar-refractivity contribution in [3.8, 4) is 5.75 Å². The van der Waals surface area contributed by atoms with Gasteiger partial charge in [-0.05, 0) is 37.6 Å². The van der Waals surface area contributed by atoms with Gasteiger partial charge in [-0.3, -0.25) is 19.6 Å². The molecular weight excluding hydrogens is 579 g/mol. The van der Waals surface area contributed by atoms with Crippen molar-refractivity contribution in [1.82, 2.24) is 15.0 Å². The van der Waals surface area contributed by atoms with Crippen molar-refractivity contribution in [1.29, 1.82) is 0 Å². The SMILES string of the molecule is CCCN(c1ncc2c(n1)N(CC)C(=O)N(c1cc(NC(=O)c3cccc(C(F)(F)F)c3)cc(OC)c1)C2)N1CCOCC1. The van der Waals surface area contributed by atoms with E-state index in [-0.39, 0.29) is 23.8 Å². The number of halogens is 3. The summed E-state index contributed by atoms with van der Waals surface area (Å²) in [6.45, 7) is 7.80. The summed E-state index contributed by atoms with van der Waals surface area (Å²) in [4.78, 5) is 39.3. The van der Waals surface area contributed by atoms with Gasteiger partial charge in [-0.15, -0.1) is 0 Å². The van der Waals surface area contributed by atoms with Gasteiger partial charge in [0, 0.05) is 61.3 Å². The number of methoxy groups -OCH3 is 1. The summed E-state index contributed by atoms with van der Waals surface area (Å²) in [5.41, 5.74) is 0.304. The van der Waals surface area contributed by atoms with Crippen LogP contribution >= 0.6 is 0 Å². The molecule has 14 heteroatoms. The molecule has 0 bridgehead atoms. The number of hydrogen-bond acceptors (Lipinski definition) is 8. The maximum Gasteiger partial charge on any atom is 0.416 e. The molecule has 2 aromatic carbocycles. The molecule has 5 rings (SSSR count). The number of amides is 3. The van der Waals surface area contributed by atoms with Crippen LogP contribution in [0.15, 0.2) is 48.7 Å². The minimum Gasteiger partial charge on any atom is -0.497 e. The summed E-state index contributed by atoms with van der Waals surface area (Å²) in [5, 5.41) is 6.83. The molecule has 1 aromatic heterocycles. The molecule has 0 spiro atoms. The lowest BCUT2D eigenvalue weighted by Gasteiger charge is -2.39. The fourth-order valence-corrected chi connectivity index (χ4v) is 5.16. The average Bonchev–Trinajstić information content (AvgIpc) is 3.03. The molecule has 2 aliphatic heterocycles. The molecule has 0 atom stereocenters. The summed E-state index contributed by atoms with van der Waals surface area (Å²) in [5.74, 6) is 0.636. The maximum atomic E-state index is 13.8. The summed E-state index contributed by atoms with van der Waals surface area (Å²) in [6.07, 6.45) is -1.99. The fraction of sp³-hybridized carbons (Fsp3) is 0.400. The van der Waals surface area contributed by atoms with E-state index in [0.717, 1.165) is 24.1 Å². The topological polar surface area (TPSA) is 103 Å². The molecular formula is C30H34F3N7O4. The van der Waals surface area contributed by atoms with Crippen molar-refractivity contribution in [3.05, 3.63) is 65.4 Å². The zero-order valence-corrected chi connectivity index (χ0v) is 24.7. The van der Waals surface area contributed by atoms with Crippen molar-refractivity contribution >= 4 is 35.1 Å². The number of urea groups is 1. The van der Waals surface area contributed by atoms with E-state index < -0.39 is 17.6 Å². The normalized spacial score (nSPS) is 15.6. The second-order valence-corrected chi connectivity index (χ2v) is 10.3. The number of hydrazine groups is 1. The molecule has 3 heterocycles. The first-order chi connectivity index (χ1) is 21.1. The Labute approximate surface area is 253 Å². The smallest absolute Gasteiger partial charge is 0.416 e. The van der Waals surface area contributed by atoms with Crippen molar-refractivity contribution in [3.63, 3.8) is 0 Å². The number of rotatable bonds is 9. The molecule has 234 valence electrons. The Morgan fingerprint density at radius 2 is 1.91 bits per heavy atom. The third-order valence-electron chi connectivity index (χ3n) is 7.33. The Morgan fingerprint density at radius 3 is 2.59 bits per heavy atom. The number of anilines is 4. The predicted molar refractivity (Wildman–Crippen MR) is 159 cm³/mol. The van der Waals surface area contributed by atoms with Crippen molar-refractivity contribution in [2.75, 3.05) is 66.6 Å². The number of nitrogens with zero attached hydrogens (tertiary/aromatic N) is 6. The van der Waals surface area contributed by atoms with Crippen LogP contribution in [-0.2, 0) is 17.5 Å². The van der Waals surface area contributed by atoms with Crippen molar-refractivity contribution in [2.45, 2.75) is 33.0 Å². The number of benzene rings is 2. The lowest BCUT2D eigenvalue weighted by Crippen LogP contribution is -2.51. The Morgan fingerprint density at radius 1 is 1.14 bits per heavy atom. The molecule has 11 nitrogen and oxygen atoms in total. The Balaban J connectivity index is 1.43. The molecule has 0 aliphatic carbocycles. The summed E-state index contributed by atoms with van der Waals surface area (Å²) >= 11 is 0. The standard InChI is InChI=1S/C30H34F3N7O4/c1-4-9-40(37-10-12-44-13-11-37)28-34-18-21-19-39(29(42)38(5-2)26(21)36-28)24-15-23(16-25(17-24)43-3)35-27(41)20-7-6-8-22(14-20)30(31,32)33/h6-8,14-18H,4-5,9-13,19H2,1-3H3,(H,35,41). The zero-order chi connectivity index (χ0) is 31.4. The highest BCUT2D eigenvalue weighted by atomic mass is 19.4. The van der Waals surface area contributed by atoms with Crippen LogP contribution in [0.25, 0.3) is 0 Å². The molecule has 3 amide bonds. The molecule has 2 aliphatic rings. The number of ether oxygens (including phenoxy) is 2. The second-order valence-electron chi connectivity index (χ2n) is 10.3. The number of morpholine rings is 1. The van der Waals surface area contributed by atoms with Gasteiger partial charge in [0.25, 0.3) is 5.91 Å². The van der Waals surface area contributed by atoms with Crippen LogP contribution in [0.2, 0.25) is 0 Å². The van der Waals surface area contributed by atoms with E-state index in [4.69, 9.17) is 14.5 Å². The lowest BCUT2D eigenvalue weighted by atomic mass is 10.1. The quantitative estimate of drug-likeness (QED) is 0.352. The van der Waals surface area contributed by atoms with Gasteiger partial charge in [0.05, 0.1) is 38.1 Å². The highest BCUT2D eigenvalue weighted by Gasteiger charge is 2.34. The van der Waals surface area contributed by atoms with E-state index in [1.807, 2.05) is 11.9 Å². The van der Waals surface area contributed by atoms with Gasteiger partial charge in [-0.25, -0.2) is 14.8 Å². The highest BCUT2D eigenvalue weighted by Crippen LogP contribution is 2.35. The molecule has 1 fully saturated rings. The molecule has 0 saturated carbocycles. The first-order valence-corrected chi connectivity index (χ1v) is 14.4. The van der Waals surface area contributed by atoms with Crippen LogP contribution in [0.5, 0.6) is 5.75 Å². The van der Waals surface area contributed by atoms with Crippen LogP contribution in [0.1, 0.15) is 41.8 Å². The number of aromatic nitrogens is 2. The van der Waals surface area contributed by atoms with Crippen molar-refractivity contribution < 1.29 is 32.2 Å². The number of carbonyl (C=O) groups excluding carboxylic acids is 2. The largest absolute Gasteiger partial charge is 0.497 e. The third-order valence-corrected chi connectivity index (χ3v) is 7.33. The van der Waals surface area contributed by atoms with Gasteiger partial charge in [0.1, 0.15) is 11.6 Å². The number of hydrogen-bond donors (Lipinski definition) is 1. The average molecular weight is 614 g/mol. The monoisotopic (exact) mass is 613 g/mol. The van der Waals surface area contributed by atoms with Gasteiger partial charge in [0.2, 0.25) is 5.95 Å². The second kappa shape index (κ2) is 13.1. The highest BCUT2D eigenvalue weighted by molar-refractivity contribution is 6.07. The Hall–Kier alpha value is -4.43. The van der Waals surface area contributed by atoms with Gasteiger partial charge in [0.15, 0.2) is 0 Å². The number of nitrogens with one attached hydrogen (secondary N) is 1. The van der Waals surface area contributed by atoms with E-state index in [1.165, 1.54) is 30.2 Å². The molecule has 3 aromatic rings. The van der Waals surface area contributed by atoms with E-state index in [0.29, 0.717) is 62.6 Å². The minimum absolute atomic E-state index is 0.157. The van der Waals surface area contributed by atoms with E-state index in [9.17, 15) is 22.8 Å². The zero-order valence-electron chi connectivity index (χ0n) is 24.7. The van der Waals surface area contributed by atoms with E-state index in [1.54, 1.807) is 23.2 Å². The fourth-order valence-electron chi connectivity index (χ4n) is 5.16. The van der Waals surface area contributed by atoms with Crippen LogP contribution in [0.4, 0.5) is 41.1 Å². The molecule has 0 unspecified atom stereocenters. The minimum atomic E-state index is -4.59. The molecule has 0 radical (unpaired) electrons. The Bertz CT molecular complexity index is 1510. The first-order valence-electron chi connectivity index (χ1n) is 14.4. The van der Waals surface area contributed by atoms with Crippen LogP contribution in [0.3, 0.4) is 0 Å². The van der Waals surface area contributed by atoms with Gasteiger partial charge < -0.3 is 14.8 Å². The molecule has 1 saturated heterocycles. The van der Waals surface area contributed by atoms with Gasteiger partial charge in [-0.2, -0.15) is 18.2 Å². The van der Waals surface area contributed by atoms with E-state index in [2.05, 4.69) is 22.2 Å². The number of alkyl halides is 3. The van der Waals surface area contributed by atoms with Crippen molar-refractivity contribution in [2.24, 2.45) is 0 Å². The van der Waals surface area contributed by atoms with Gasteiger partial charge in [-0.1, -0.05) is 13.0 Å². The summed E-state index contributed by atoms with van der Waals surface area (Å²) in [7, 11) is 1.44. The number of fused-ring (bicyclic) bond motifs is 1. The Kier molecular flexibility index (Phi) is 9.20. The maximum absolute atomic E-state index is 13.8. The molecule has 44 heavy (non-hydrogen) atoms. The summed E-state index contributed by atoms with van der Waals surface area (Å²) < 4.78 is 50.5. The van der Waals surface area contributed by atoms with Crippen LogP contribution in [-0.4, -0.2) is 73.4 Å². The van der Waals surface area contributed by atoms with Crippen LogP contribution < -0.4 is 24.9 Å². The van der Waals surface area contributed by atoms with E-state index >= 15 is 0 Å². The first kappa shape index (κ1) is 31.0. The third kappa shape index (κ3) is 6.55. The van der Waals surface area contributed by atoms with Crippen LogP contribution in [0, 0.1) is 0 Å². The lowest BCUT2D eigenvalue weighted by molar-refractivity contribution is -0.137. The predicted octanol–water partition coefficient (Wildman–Crippen LogP) is 5.19. The molecule has 1 N–H and O–H groups in total.